The summed E-state index contributed by atoms with van der Waals surface area (Å²) < 4.78 is 20.3. The number of hydrogen-bond donors (Lipinski definition) is 1. The van der Waals surface area contributed by atoms with Gasteiger partial charge in [-0.25, -0.2) is 14.2 Å². The van der Waals surface area contributed by atoms with E-state index >= 15 is 0 Å². The number of ether oxygens (including phenoxy) is 1. The number of aromatic nitrogens is 2. The Kier molecular flexibility index (Phi) is 4.55. The molecule has 0 aliphatic carbocycles. The molecule has 6 nitrogen and oxygen atoms in total. The van der Waals surface area contributed by atoms with Crippen molar-refractivity contribution in [1.29, 1.82) is 0 Å². The van der Waals surface area contributed by atoms with Gasteiger partial charge in [0, 0.05) is 17.8 Å². The van der Waals surface area contributed by atoms with E-state index in [1.165, 1.54) is 6.07 Å². The number of urea groups is 1. The molecule has 1 N–H and O–H groups in total. The Morgan fingerprint density at radius 3 is 2.97 bits per heavy atom. The standard InChI is InChI=1S/C22H18ClFN4O2/c1-12-7-13-4-5-18(21-15(24)3-2-6-25-21)30-19(13)9-17(12)28-11-14-8-20(23)26-10-16(14)27-22(28)29/h2-3,6-10,18H,4-5,11H2,1H3,(H,27,29). The highest BCUT2D eigenvalue weighted by Gasteiger charge is 2.29. The van der Waals surface area contributed by atoms with Crippen molar-refractivity contribution in [2.24, 2.45) is 0 Å². The first-order valence-corrected chi connectivity index (χ1v) is 10.0. The van der Waals surface area contributed by atoms with Crippen LogP contribution in [0.1, 0.15) is 34.9 Å². The molecule has 3 aromatic rings. The summed E-state index contributed by atoms with van der Waals surface area (Å²) in [6, 6.07) is 8.32. The van der Waals surface area contributed by atoms with Crippen LogP contribution < -0.4 is 15.0 Å². The molecule has 0 radical (unpaired) electrons. The zero-order valence-corrected chi connectivity index (χ0v) is 16.9. The number of aryl methyl sites for hydroxylation is 2. The number of nitrogens with one attached hydrogen (secondary N) is 1. The summed E-state index contributed by atoms with van der Waals surface area (Å²) in [5, 5.41) is 3.22. The number of anilines is 2. The van der Waals surface area contributed by atoms with Crippen molar-refractivity contribution in [3.63, 3.8) is 0 Å². The van der Waals surface area contributed by atoms with E-state index in [1.54, 1.807) is 29.4 Å². The fraction of sp³-hybridized carbons (Fsp3) is 0.227. The van der Waals surface area contributed by atoms with Crippen molar-refractivity contribution >= 4 is 29.0 Å². The first-order chi connectivity index (χ1) is 14.5. The van der Waals surface area contributed by atoms with Crippen LogP contribution in [0.4, 0.5) is 20.6 Å². The first kappa shape index (κ1) is 18.8. The van der Waals surface area contributed by atoms with Crippen LogP contribution in [0.2, 0.25) is 5.15 Å². The molecule has 0 saturated heterocycles. The largest absolute Gasteiger partial charge is 0.484 e. The van der Waals surface area contributed by atoms with E-state index < -0.39 is 6.10 Å². The Morgan fingerprint density at radius 2 is 2.13 bits per heavy atom. The average molecular weight is 425 g/mol. The van der Waals surface area contributed by atoms with Gasteiger partial charge in [0.25, 0.3) is 0 Å². The van der Waals surface area contributed by atoms with Gasteiger partial charge in [-0.2, -0.15) is 0 Å². The third-order valence-corrected chi connectivity index (χ3v) is 5.69. The summed E-state index contributed by atoms with van der Waals surface area (Å²) in [6.45, 7) is 2.32. The second-order valence-electron chi connectivity index (χ2n) is 7.44. The molecule has 2 aliphatic rings. The molecule has 2 aliphatic heterocycles. The fourth-order valence-electron chi connectivity index (χ4n) is 3.99. The number of fused-ring (bicyclic) bond motifs is 2. The Hall–Kier alpha value is -3.19. The van der Waals surface area contributed by atoms with Crippen LogP contribution in [0.15, 0.2) is 42.7 Å². The average Bonchev–Trinajstić information content (AvgIpc) is 2.73. The molecule has 0 saturated carbocycles. The van der Waals surface area contributed by atoms with E-state index in [4.69, 9.17) is 16.3 Å². The van der Waals surface area contributed by atoms with E-state index in [2.05, 4.69) is 15.3 Å². The Labute approximate surface area is 177 Å². The minimum Gasteiger partial charge on any atom is -0.484 e. The zero-order chi connectivity index (χ0) is 20.8. The summed E-state index contributed by atoms with van der Waals surface area (Å²) in [7, 11) is 0. The van der Waals surface area contributed by atoms with E-state index in [9.17, 15) is 9.18 Å². The summed E-state index contributed by atoms with van der Waals surface area (Å²) in [5.41, 5.74) is 4.55. The molecule has 152 valence electrons. The van der Waals surface area contributed by atoms with Gasteiger partial charge in [0.05, 0.1) is 24.1 Å². The number of nitrogens with zero attached hydrogens (tertiary/aromatic N) is 3. The summed E-state index contributed by atoms with van der Waals surface area (Å²) in [4.78, 5) is 22.6. The lowest BCUT2D eigenvalue weighted by molar-refractivity contribution is 0.167. The molecule has 0 spiro atoms. The van der Waals surface area contributed by atoms with Gasteiger partial charge in [0.1, 0.15) is 28.5 Å². The van der Waals surface area contributed by atoms with Crippen molar-refractivity contribution in [2.75, 3.05) is 10.2 Å². The molecule has 1 unspecified atom stereocenters. The summed E-state index contributed by atoms with van der Waals surface area (Å²) in [5.74, 6) is 0.263. The van der Waals surface area contributed by atoms with Crippen molar-refractivity contribution in [3.05, 3.63) is 76.1 Å². The quantitative estimate of drug-likeness (QED) is 0.574. The molecule has 1 atom stereocenters. The van der Waals surface area contributed by atoms with Crippen LogP contribution in [0.3, 0.4) is 0 Å². The highest BCUT2D eigenvalue weighted by atomic mass is 35.5. The van der Waals surface area contributed by atoms with E-state index in [-0.39, 0.29) is 11.8 Å². The lowest BCUT2D eigenvalue weighted by atomic mass is 9.97. The monoisotopic (exact) mass is 424 g/mol. The number of rotatable bonds is 2. The molecule has 30 heavy (non-hydrogen) atoms. The maximum atomic E-state index is 14.2. The van der Waals surface area contributed by atoms with E-state index in [1.807, 2.05) is 19.1 Å². The van der Waals surface area contributed by atoms with Crippen molar-refractivity contribution in [3.8, 4) is 5.75 Å². The maximum Gasteiger partial charge on any atom is 0.326 e. The van der Waals surface area contributed by atoms with Crippen LogP contribution in [0.25, 0.3) is 0 Å². The van der Waals surface area contributed by atoms with Gasteiger partial charge in [-0.15, -0.1) is 0 Å². The zero-order valence-electron chi connectivity index (χ0n) is 16.2. The normalized spacial score (nSPS) is 17.6. The third-order valence-electron chi connectivity index (χ3n) is 5.48. The van der Waals surface area contributed by atoms with Crippen LogP contribution in [0, 0.1) is 12.7 Å². The number of hydrogen-bond acceptors (Lipinski definition) is 4. The predicted octanol–water partition coefficient (Wildman–Crippen LogP) is 5.20. The first-order valence-electron chi connectivity index (χ1n) is 9.63. The van der Waals surface area contributed by atoms with Crippen LogP contribution in [-0.4, -0.2) is 16.0 Å². The van der Waals surface area contributed by atoms with Gasteiger partial charge in [-0.1, -0.05) is 17.7 Å². The number of halogens is 2. The van der Waals surface area contributed by atoms with Crippen molar-refractivity contribution in [1.82, 2.24) is 9.97 Å². The van der Waals surface area contributed by atoms with Gasteiger partial charge in [-0.05, 0) is 49.1 Å². The predicted molar refractivity (Wildman–Crippen MR) is 112 cm³/mol. The fourth-order valence-corrected chi connectivity index (χ4v) is 4.17. The van der Waals surface area contributed by atoms with E-state index in [0.29, 0.717) is 35.2 Å². The topological polar surface area (TPSA) is 67.4 Å². The van der Waals surface area contributed by atoms with Gasteiger partial charge in [0.2, 0.25) is 0 Å². The van der Waals surface area contributed by atoms with Gasteiger partial charge >= 0.3 is 6.03 Å². The molecule has 2 amide bonds. The van der Waals surface area contributed by atoms with E-state index in [0.717, 1.165) is 28.8 Å². The molecule has 0 fully saturated rings. The highest BCUT2D eigenvalue weighted by molar-refractivity contribution is 6.29. The maximum absolute atomic E-state index is 14.2. The molecule has 8 heteroatoms. The highest BCUT2D eigenvalue weighted by Crippen LogP contribution is 2.40. The number of amides is 2. The smallest absolute Gasteiger partial charge is 0.326 e. The van der Waals surface area contributed by atoms with Crippen LogP contribution in [-0.2, 0) is 13.0 Å². The lowest BCUT2D eigenvalue weighted by Gasteiger charge is -2.32. The minimum absolute atomic E-state index is 0.252. The van der Waals surface area contributed by atoms with Gasteiger partial charge in [-0.3, -0.25) is 9.88 Å². The second-order valence-corrected chi connectivity index (χ2v) is 7.83. The Bertz CT molecular complexity index is 1170. The molecular weight excluding hydrogens is 407 g/mol. The van der Waals surface area contributed by atoms with Crippen molar-refractivity contribution < 1.29 is 13.9 Å². The number of benzene rings is 1. The van der Waals surface area contributed by atoms with Crippen LogP contribution in [0.5, 0.6) is 5.75 Å². The molecule has 1 aromatic carbocycles. The lowest BCUT2D eigenvalue weighted by Crippen LogP contribution is -2.39. The molecular formula is C22H18ClFN4O2. The van der Waals surface area contributed by atoms with Crippen molar-refractivity contribution in [2.45, 2.75) is 32.4 Å². The number of carbonyl (C=O) groups is 1. The Morgan fingerprint density at radius 1 is 1.27 bits per heavy atom. The van der Waals surface area contributed by atoms with Gasteiger partial charge < -0.3 is 10.1 Å². The van der Waals surface area contributed by atoms with Crippen LogP contribution >= 0.6 is 11.6 Å². The summed E-state index contributed by atoms with van der Waals surface area (Å²) in [6.07, 6.45) is 4.04. The SMILES string of the molecule is Cc1cc2c(cc1N1Cc3cc(Cl)ncc3NC1=O)OC(c1ncccc1F)CC2. The Balaban J connectivity index is 1.49. The molecule has 5 rings (SSSR count). The summed E-state index contributed by atoms with van der Waals surface area (Å²) >= 11 is 6.02. The number of carbonyl (C=O) groups excluding carboxylic acids is 1. The van der Waals surface area contributed by atoms with Gasteiger partial charge in [0.15, 0.2) is 0 Å². The third kappa shape index (κ3) is 3.25. The number of pyridine rings is 2. The minimum atomic E-state index is -0.463. The molecule has 0 bridgehead atoms. The second kappa shape index (κ2) is 7.25. The molecule has 4 heterocycles. The molecule has 2 aromatic heterocycles.